The Morgan fingerprint density at radius 3 is 2.62 bits per heavy atom. The summed E-state index contributed by atoms with van der Waals surface area (Å²) in [6.07, 6.45) is -0.489. The molecule has 1 atom stereocenters. The number of non-ortho nitro benzene ring substituents is 1. The molecule has 0 aliphatic rings. The molecule has 150 valence electrons. The van der Waals surface area contributed by atoms with Crippen LogP contribution >= 0.6 is 11.3 Å². The molecule has 3 aromatic rings. The van der Waals surface area contributed by atoms with E-state index in [1.807, 2.05) is 0 Å². The summed E-state index contributed by atoms with van der Waals surface area (Å²) < 4.78 is 18.8. The molecule has 0 aliphatic heterocycles. The summed E-state index contributed by atoms with van der Waals surface area (Å²) in [4.78, 5) is 35.0. The van der Waals surface area contributed by atoms with Gasteiger partial charge in [-0.05, 0) is 43.2 Å². The van der Waals surface area contributed by atoms with Gasteiger partial charge in [0.25, 0.3) is 11.6 Å². The van der Waals surface area contributed by atoms with Gasteiger partial charge >= 0.3 is 5.97 Å². The van der Waals surface area contributed by atoms with Gasteiger partial charge in [-0.3, -0.25) is 14.9 Å². The van der Waals surface area contributed by atoms with Crippen molar-refractivity contribution in [3.8, 4) is 0 Å². The van der Waals surface area contributed by atoms with Crippen molar-refractivity contribution in [3.63, 3.8) is 0 Å². The van der Waals surface area contributed by atoms with Crippen LogP contribution in [0.2, 0.25) is 0 Å². The van der Waals surface area contributed by atoms with Gasteiger partial charge in [0.1, 0.15) is 10.7 Å². The van der Waals surface area contributed by atoms with Gasteiger partial charge in [-0.25, -0.2) is 9.18 Å². The fraction of sp³-hybridized carbons (Fsp3) is 0.200. The number of benzene rings is 2. The summed E-state index contributed by atoms with van der Waals surface area (Å²) in [5.41, 5.74) is 0.805. The zero-order chi connectivity index (χ0) is 21.0. The first kappa shape index (κ1) is 20.4. The Bertz CT molecular complexity index is 1060. The van der Waals surface area contributed by atoms with E-state index in [0.29, 0.717) is 23.1 Å². The van der Waals surface area contributed by atoms with Crippen molar-refractivity contribution in [1.29, 1.82) is 0 Å². The molecular formula is C20H17FN2O5S. The molecule has 0 fully saturated rings. The monoisotopic (exact) mass is 416 g/mol. The number of hydrogen-bond acceptors (Lipinski definition) is 6. The maximum atomic E-state index is 12.9. The number of rotatable bonds is 7. The van der Waals surface area contributed by atoms with Crippen LogP contribution in [0.15, 0.2) is 48.5 Å². The van der Waals surface area contributed by atoms with Crippen molar-refractivity contribution in [2.75, 3.05) is 6.54 Å². The van der Waals surface area contributed by atoms with Crippen LogP contribution in [-0.2, 0) is 16.0 Å². The highest BCUT2D eigenvalue weighted by atomic mass is 32.1. The fourth-order valence-corrected chi connectivity index (χ4v) is 3.57. The van der Waals surface area contributed by atoms with Crippen LogP contribution in [0.5, 0.6) is 0 Å². The molecule has 0 saturated carbocycles. The third-order valence-electron chi connectivity index (χ3n) is 4.19. The van der Waals surface area contributed by atoms with Gasteiger partial charge in [0.2, 0.25) is 0 Å². The lowest BCUT2D eigenvalue weighted by Gasteiger charge is -2.13. The summed E-state index contributed by atoms with van der Waals surface area (Å²) in [6, 6.07) is 11.8. The van der Waals surface area contributed by atoms with Crippen molar-refractivity contribution in [2.45, 2.75) is 19.4 Å². The number of fused-ring (bicyclic) bond motifs is 1. The first-order valence-electron chi connectivity index (χ1n) is 8.74. The maximum absolute atomic E-state index is 12.9. The number of nitrogens with zero attached hydrogens (tertiary/aromatic N) is 1. The van der Waals surface area contributed by atoms with E-state index in [1.54, 1.807) is 18.2 Å². The molecule has 0 radical (unpaired) electrons. The number of nitrogens with one attached hydrogen (secondary N) is 1. The molecule has 0 saturated heterocycles. The summed E-state index contributed by atoms with van der Waals surface area (Å²) in [5.74, 6) is -1.44. The van der Waals surface area contributed by atoms with Crippen LogP contribution in [0.4, 0.5) is 10.1 Å². The highest BCUT2D eigenvalue weighted by molar-refractivity contribution is 7.20. The molecule has 3 rings (SSSR count). The second-order valence-electron chi connectivity index (χ2n) is 6.30. The Morgan fingerprint density at radius 1 is 1.21 bits per heavy atom. The van der Waals surface area contributed by atoms with Gasteiger partial charge in [0.05, 0.1) is 4.92 Å². The van der Waals surface area contributed by atoms with Crippen LogP contribution in [0.25, 0.3) is 10.1 Å². The number of esters is 1. The lowest BCUT2D eigenvalue weighted by molar-refractivity contribution is -0.384. The molecule has 0 aliphatic carbocycles. The van der Waals surface area contributed by atoms with Crippen molar-refractivity contribution in [2.24, 2.45) is 0 Å². The predicted octanol–water partition coefficient (Wildman–Crippen LogP) is 3.85. The molecule has 2 aromatic carbocycles. The Hall–Kier alpha value is -3.33. The highest BCUT2D eigenvalue weighted by Crippen LogP contribution is 2.29. The van der Waals surface area contributed by atoms with Crippen molar-refractivity contribution in [3.05, 3.63) is 74.9 Å². The number of amides is 1. The number of nitro groups is 1. The maximum Gasteiger partial charge on any atom is 0.349 e. The Morgan fingerprint density at radius 2 is 1.93 bits per heavy atom. The molecule has 1 amide bonds. The van der Waals surface area contributed by atoms with E-state index >= 15 is 0 Å². The van der Waals surface area contributed by atoms with E-state index < -0.39 is 22.9 Å². The first-order chi connectivity index (χ1) is 13.8. The third-order valence-corrected chi connectivity index (χ3v) is 5.29. The Balaban J connectivity index is 1.55. The number of hydrogen-bond donors (Lipinski definition) is 1. The van der Waals surface area contributed by atoms with Gasteiger partial charge in [-0.15, -0.1) is 11.3 Å². The molecule has 1 N–H and O–H groups in total. The van der Waals surface area contributed by atoms with Gasteiger partial charge in [0.15, 0.2) is 6.10 Å². The molecule has 29 heavy (non-hydrogen) atoms. The number of ether oxygens (including phenoxy) is 1. The standard InChI is InChI=1S/C20H17FN2O5S/c1-12(19(24)22-9-8-13-2-4-15(21)5-3-13)28-20(25)18-11-14-10-16(23(26)27)6-7-17(14)29-18/h2-7,10-12H,8-9H2,1H3,(H,22,24)/t12-/m1/s1. The van der Waals surface area contributed by atoms with Crippen LogP contribution in [-0.4, -0.2) is 29.4 Å². The number of carbonyl (C=O) groups excluding carboxylic acids is 2. The van der Waals surface area contributed by atoms with Gasteiger partial charge in [0, 0.05) is 28.8 Å². The Labute approximate surface area is 169 Å². The lowest BCUT2D eigenvalue weighted by Crippen LogP contribution is -2.36. The quantitative estimate of drug-likeness (QED) is 0.358. The van der Waals surface area contributed by atoms with Crippen LogP contribution < -0.4 is 5.32 Å². The highest BCUT2D eigenvalue weighted by Gasteiger charge is 2.20. The summed E-state index contributed by atoms with van der Waals surface area (Å²) in [7, 11) is 0. The van der Waals surface area contributed by atoms with E-state index in [0.717, 1.165) is 16.9 Å². The smallest absolute Gasteiger partial charge is 0.349 e. The van der Waals surface area contributed by atoms with Crippen molar-refractivity contribution in [1.82, 2.24) is 5.32 Å². The first-order valence-corrected chi connectivity index (χ1v) is 9.56. The van der Waals surface area contributed by atoms with Crippen LogP contribution in [0, 0.1) is 15.9 Å². The van der Waals surface area contributed by atoms with Gasteiger partial charge in [-0.2, -0.15) is 0 Å². The molecule has 9 heteroatoms. The number of thiophene rings is 1. The minimum Gasteiger partial charge on any atom is -0.448 e. The normalized spacial score (nSPS) is 11.8. The van der Waals surface area contributed by atoms with Gasteiger partial charge in [-0.1, -0.05) is 12.1 Å². The molecule has 1 aromatic heterocycles. The van der Waals surface area contributed by atoms with Crippen molar-refractivity contribution >= 4 is 39.0 Å². The molecular weight excluding hydrogens is 399 g/mol. The topological polar surface area (TPSA) is 98.5 Å². The van der Waals surface area contributed by atoms with Crippen LogP contribution in [0.3, 0.4) is 0 Å². The van der Waals surface area contributed by atoms with E-state index in [-0.39, 0.29) is 16.4 Å². The summed E-state index contributed by atoms with van der Waals surface area (Å²) in [6.45, 7) is 1.78. The largest absolute Gasteiger partial charge is 0.448 e. The van der Waals surface area contributed by atoms with E-state index in [9.17, 15) is 24.1 Å². The zero-order valence-electron chi connectivity index (χ0n) is 15.4. The summed E-state index contributed by atoms with van der Waals surface area (Å²) in [5, 5.41) is 14.1. The molecule has 0 spiro atoms. The second-order valence-corrected chi connectivity index (χ2v) is 7.39. The Kier molecular flexibility index (Phi) is 6.18. The van der Waals surface area contributed by atoms with Crippen molar-refractivity contribution < 1.29 is 23.6 Å². The number of carbonyl (C=O) groups is 2. The van der Waals surface area contributed by atoms with E-state index in [1.165, 1.54) is 37.3 Å². The average molecular weight is 416 g/mol. The predicted molar refractivity (Wildman–Crippen MR) is 106 cm³/mol. The third kappa shape index (κ3) is 5.14. The fourth-order valence-electron chi connectivity index (χ4n) is 2.64. The average Bonchev–Trinajstić information content (AvgIpc) is 3.12. The molecule has 0 unspecified atom stereocenters. The van der Waals surface area contributed by atoms with Crippen LogP contribution in [0.1, 0.15) is 22.2 Å². The molecule has 7 nitrogen and oxygen atoms in total. The second kappa shape index (κ2) is 8.78. The molecule has 1 heterocycles. The van der Waals surface area contributed by atoms with Gasteiger partial charge < -0.3 is 10.1 Å². The van der Waals surface area contributed by atoms with E-state index in [4.69, 9.17) is 4.74 Å². The van der Waals surface area contributed by atoms with E-state index in [2.05, 4.69) is 5.32 Å². The number of nitro benzene ring substituents is 1. The zero-order valence-corrected chi connectivity index (χ0v) is 16.2. The minimum atomic E-state index is -1.00. The minimum absolute atomic E-state index is 0.0656. The SMILES string of the molecule is C[C@@H](OC(=O)c1cc2cc([N+](=O)[O-])ccc2s1)C(=O)NCCc1ccc(F)cc1. The molecule has 0 bridgehead atoms. The summed E-state index contributed by atoms with van der Waals surface area (Å²) >= 11 is 1.14. The lowest BCUT2D eigenvalue weighted by atomic mass is 10.1. The number of halogens is 1.